The number of rotatable bonds is 3. The van der Waals surface area contributed by atoms with E-state index in [-0.39, 0.29) is 0 Å². The fraction of sp³-hybridized carbons (Fsp3) is 0.143. The number of para-hydroxylation sites is 1. The summed E-state index contributed by atoms with van der Waals surface area (Å²) in [6, 6.07) is 16.1. The molecule has 0 heterocycles. The van der Waals surface area contributed by atoms with Crippen LogP contribution in [0.25, 0.3) is 0 Å². The second kappa shape index (κ2) is 5.17. The molecule has 2 heteroatoms. The maximum absolute atomic E-state index is 5.67. The van der Waals surface area contributed by atoms with Gasteiger partial charge in [-0.15, -0.1) is 0 Å². The fourth-order valence-corrected chi connectivity index (χ4v) is 1.84. The topological polar surface area (TPSA) is 9.23 Å². The number of hydrogen-bond acceptors (Lipinski definition) is 1. The van der Waals surface area contributed by atoms with E-state index in [2.05, 4.69) is 41.1 Å². The molecule has 2 aromatic rings. The molecule has 1 nitrogen and oxygen atoms in total. The molecular weight excluding hydrogens is 264 g/mol. The summed E-state index contributed by atoms with van der Waals surface area (Å²) >= 11 is 3.52. The van der Waals surface area contributed by atoms with Crippen molar-refractivity contribution in [1.82, 2.24) is 0 Å². The molecular formula is C14H13BrO. The highest BCUT2D eigenvalue weighted by atomic mass is 79.9. The predicted octanol–water partition coefficient (Wildman–Crippen LogP) is 4.34. The minimum atomic E-state index is 0.600. The van der Waals surface area contributed by atoms with Crippen molar-refractivity contribution >= 4 is 15.9 Å². The lowest BCUT2D eigenvalue weighted by Gasteiger charge is -2.07. The molecule has 0 radical (unpaired) electrons. The molecule has 0 spiro atoms. The highest BCUT2D eigenvalue weighted by molar-refractivity contribution is 9.10. The van der Waals surface area contributed by atoms with Crippen LogP contribution in [0.2, 0.25) is 0 Å². The van der Waals surface area contributed by atoms with Gasteiger partial charge in [-0.05, 0) is 36.2 Å². The Hall–Kier alpha value is -1.28. The molecule has 16 heavy (non-hydrogen) atoms. The van der Waals surface area contributed by atoms with Crippen LogP contribution in [0.4, 0.5) is 0 Å². The molecule has 0 fully saturated rings. The summed E-state index contributed by atoms with van der Waals surface area (Å²) in [6.07, 6.45) is 0. The van der Waals surface area contributed by atoms with E-state index in [0.717, 1.165) is 10.2 Å². The summed E-state index contributed by atoms with van der Waals surface area (Å²) in [6.45, 7) is 2.68. The highest BCUT2D eigenvalue weighted by Crippen LogP contribution is 2.19. The number of halogens is 1. The van der Waals surface area contributed by atoms with Gasteiger partial charge in [-0.2, -0.15) is 0 Å². The Balaban J connectivity index is 2.03. The van der Waals surface area contributed by atoms with Crippen molar-refractivity contribution in [1.29, 1.82) is 0 Å². The number of aryl methyl sites for hydroxylation is 1. The van der Waals surface area contributed by atoms with Crippen molar-refractivity contribution in [2.45, 2.75) is 13.5 Å². The molecule has 0 aliphatic heterocycles. The van der Waals surface area contributed by atoms with Gasteiger partial charge in [0.1, 0.15) is 12.4 Å². The number of ether oxygens (including phenoxy) is 1. The molecule has 0 aliphatic carbocycles. The largest absolute Gasteiger partial charge is 0.489 e. The van der Waals surface area contributed by atoms with Gasteiger partial charge in [0.25, 0.3) is 0 Å². The molecule has 0 aliphatic rings. The first-order valence-electron chi connectivity index (χ1n) is 5.18. The summed E-state index contributed by atoms with van der Waals surface area (Å²) < 4.78 is 6.79. The van der Waals surface area contributed by atoms with Crippen LogP contribution in [-0.2, 0) is 6.61 Å². The van der Waals surface area contributed by atoms with Crippen molar-refractivity contribution < 1.29 is 4.74 Å². The standard InChI is InChI=1S/C14H13BrO/c1-11-7-8-12(9-14(11)15)10-16-13-5-3-2-4-6-13/h2-9H,10H2,1H3. The zero-order valence-electron chi connectivity index (χ0n) is 9.11. The summed E-state index contributed by atoms with van der Waals surface area (Å²) in [5.74, 6) is 0.902. The molecule has 0 atom stereocenters. The van der Waals surface area contributed by atoms with Gasteiger partial charge in [0.15, 0.2) is 0 Å². The third-order valence-electron chi connectivity index (χ3n) is 2.38. The Labute approximate surface area is 104 Å². The van der Waals surface area contributed by atoms with Crippen LogP contribution in [-0.4, -0.2) is 0 Å². The van der Waals surface area contributed by atoms with Crippen LogP contribution in [0, 0.1) is 6.92 Å². The molecule has 0 bridgehead atoms. The van der Waals surface area contributed by atoms with E-state index < -0.39 is 0 Å². The van der Waals surface area contributed by atoms with Crippen molar-refractivity contribution in [3.63, 3.8) is 0 Å². The number of hydrogen-bond donors (Lipinski definition) is 0. The molecule has 0 saturated carbocycles. The van der Waals surface area contributed by atoms with Crippen LogP contribution < -0.4 is 4.74 Å². The van der Waals surface area contributed by atoms with Gasteiger partial charge < -0.3 is 4.74 Å². The highest BCUT2D eigenvalue weighted by Gasteiger charge is 1.98. The Bertz CT molecular complexity index is 465. The lowest BCUT2D eigenvalue weighted by atomic mass is 10.2. The van der Waals surface area contributed by atoms with Gasteiger partial charge in [-0.1, -0.05) is 46.3 Å². The van der Waals surface area contributed by atoms with E-state index in [4.69, 9.17) is 4.74 Å². The van der Waals surface area contributed by atoms with Crippen molar-refractivity contribution in [2.75, 3.05) is 0 Å². The molecule has 0 amide bonds. The van der Waals surface area contributed by atoms with E-state index in [0.29, 0.717) is 6.61 Å². The second-order valence-electron chi connectivity index (χ2n) is 3.69. The van der Waals surface area contributed by atoms with Gasteiger partial charge in [0.2, 0.25) is 0 Å². The Morgan fingerprint density at radius 1 is 1.06 bits per heavy atom. The van der Waals surface area contributed by atoms with Gasteiger partial charge in [-0.25, -0.2) is 0 Å². The van der Waals surface area contributed by atoms with Crippen molar-refractivity contribution in [2.24, 2.45) is 0 Å². The Kier molecular flexibility index (Phi) is 3.62. The summed E-state index contributed by atoms with van der Waals surface area (Å²) in [5.41, 5.74) is 2.41. The van der Waals surface area contributed by atoms with Crippen LogP contribution in [0.15, 0.2) is 53.0 Å². The number of benzene rings is 2. The van der Waals surface area contributed by atoms with Gasteiger partial charge in [-0.3, -0.25) is 0 Å². The zero-order valence-corrected chi connectivity index (χ0v) is 10.7. The van der Waals surface area contributed by atoms with E-state index in [1.807, 2.05) is 30.3 Å². The SMILES string of the molecule is Cc1ccc(COc2ccccc2)cc1Br. The van der Waals surface area contributed by atoms with Gasteiger partial charge in [0.05, 0.1) is 0 Å². The molecule has 2 aromatic carbocycles. The van der Waals surface area contributed by atoms with E-state index in [1.165, 1.54) is 11.1 Å². The first-order valence-corrected chi connectivity index (χ1v) is 5.98. The van der Waals surface area contributed by atoms with Crippen molar-refractivity contribution in [3.8, 4) is 5.75 Å². The maximum Gasteiger partial charge on any atom is 0.119 e. The molecule has 0 N–H and O–H groups in total. The zero-order chi connectivity index (χ0) is 11.4. The van der Waals surface area contributed by atoms with Crippen LogP contribution >= 0.6 is 15.9 Å². The third kappa shape index (κ3) is 2.86. The average Bonchev–Trinajstić information content (AvgIpc) is 2.32. The fourth-order valence-electron chi connectivity index (χ4n) is 1.41. The predicted molar refractivity (Wildman–Crippen MR) is 69.7 cm³/mol. The molecule has 0 aromatic heterocycles. The lowest BCUT2D eigenvalue weighted by molar-refractivity contribution is 0.306. The summed E-state index contributed by atoms with van der Waals surface area (Å²) in [7, 11) is 0. The van der Waals surface area contributed by atoms with Gasteiger partial charge >= 0.3 is 0 Å². The monoisotopic (exact) mass is 276 g/mol. The smallest absolute Gasteiger partial charge is 0.119 e. The van der Waals surface area contributed by atoms with Crippen LogP contribution in [0.1, 0.15) is 11.1 Å². The minimum Gasteiger partial charge on any atom is -0.489 e. The normalized spacial score (nSPS) is 10.1. The summed E-state index contributed by atoms with van der Waals surface area (Å²) in [4.78, 5) is 0. The quantitative estimate of drug-likeness (QED) is 0.811. The van der Waals surface area contributed by atoms with Crippen molar-refractivity contribution in [3.05, 3.63) is 64.1 Å². The van der Waals surface area contributed by atoms with Crippen LogP contribution in [0.5, 0.6) is 5.75 Å². The first-order chi connectivity index (χ1) is 7.75. The lowest BCUT2D eigenvalue weighted by Crippen LogP contribution is -1.95. The third-order valence-corrected chi connectivity index (χ3v) is 3.24. The molecule has 2 rings (SSSR count). The van der Waals surface area contributed by atoms with Gasteiger partial charge in [0, 0.05) is 4.47 Å². The Morgan fingerprint density at radius 3 is 2.50 bits per heavy atom. The molecule has 82 valence electrons. The minimum absolute atomic E-state index is 0.600. The van der Waals surface area contributed by atoms with E-state index >= 15 is 0 Å². The second-order valence-corrected chi connectivity index (χ2v) is 4.54. The summed E-state index contributed by atoms with van der Waals surface area (Å²) in [5, 5.41) is 0. The average molecular weight is 277 g/mol. The molecule has 0 unspecified atom stereocenters. The first kappa shape index (κ1) is 11.2. The van der Waals surface area contributed by atoms with Crippen LogP contribution in [0.3, 0.4) is 0 Å². The molecule has 0 saturated heterocycles. The Morgan fingerprint density at radius 2 is 1.81 bits per heavy atom. The van der Waals surface area contributed by atoms with E-state index in [1.54, 1.807) is 0 Å². The van der Waals surface area contributed by atoms with E-state index in [9.17, 15) is 0 Å². The maximum atomic E-state index is 5.67.